The van der Waals surface area contributed by atoms with Crippen molar-refractivity contribution < 1.29 is 9.13 Å². The van der Waals surface area contributed by atoms with Gasteiger partial charge in [-0.1, -0.05) is 36.0 Å². The number of nitrogens with zero attached hydrogens (tertiary/aromatic N) is 3. The van der Waals surface area contributed by atoms with Gasteiger partial charge in [-0.15, -0.1) is 10.2 Å². The minimum Gasteiger partial charge on any atom is -0.496 e. The highest BCUT2D eigenvalue weighted by Gasteiger charge is 2.16. The van der Waals surface area contributed by atoms with E-state index in [1.807, 2.05) is 34.9 Å². The highest BCUT2D eigenvalue weighted by molar-refractivity contribution is 7.98. The topological polar surface area (TPSA) is 39.9 Å². The molecule has 0 aliphatic rings. The van der Waals surface area contributed by atoms with Crippen molar-refractivity contribution in [3.63, 3.8) is 0 Å². The molecule has 1 aromatic heterocycles. The summed E-state index contributed by atoms with van der Waals surface area (Å²) in [5.74, 6) is 1.96. The fourth-order valence-corrected chi connectivity index (χ4v) is 3.43. The maximum Gasteiger partial charge on any atom is 0.191 e. The summed E-state index contributed by atoms with van der Waals surface area (Å²) in [6.07, 6.45) is 0. The Labute approximate surface area is 144 Å². The lowest BCUT2D eigenvalue weighted by Gasteiger charge is -2.10. The summed E-state index contributed by atoms with van der Waals surface area (Å²) in [6.45, 7) is 2.79. The van der Waals surface area contributed by atoms with Crippen molar-refractivity contribution in [1.82, 2.24) is 14.8 Å². The van der Waals surface area contributed by atoms with Gasteiger partial charge in [0.2, 0.25) is 0 Å². The van der Waals surface area contributed by atoms with Gasteiger partial charge in [-0.05, 0) is 36.8 Å². The minimum atomic E-state index is -0.222. The van der Waals surface area contributed by atoms with E-state index in [0.717, 1.165) is 34.4 Å². The molecule has 0 aliphatic carbocycles. The van der Waals surface area contributed by atoms with Gasteiger partial charge < -0.3 is 9.30 Å². The normalized spacial score (nSPS) is 10.8. The molecule has 0 atom stereocenters. The number of rotatable bonds is 6. The Morgan fingerprint density at radius 2 is 1.96 bits per heavy atom. The first kappa shape index (κ1) is 16.5. The molecule has 124 valence electrons. The Kier molecular flexibility index (Phi) is 5.15. The van der Waals surface area contributed by atoms with E-state index in [2.05, 4.69) is 17.1 Å². The van der Waals surface area contributed by atoms with Crippen LogP contribution in [0.1, 0.15) is 12.5 Å². The van der Waals surface area contributed by atoms with Crippen LogP contribution >= 0.6 is 11.8 Å². The van der Waals surface area contributed by atoms with Gasteiger partial charge >= 0.3 is 0 Å². The van der Waals surface area contributed by atoms with Crippen LogP contribution in [0.3, 0.4) is 0 Å². The van der Waals surface area contributed by atoms with Crippen molar-refractivity contribution in [2.45, 2.75) is 24.4 Å². The van der Waals surface area contributed by atoms with E-state index in [-0.39, 0.29) is 5.82 Å². The molecule has 0 saturated heterocycles. The first-order valence-electron chi connectivity index (χ1n) is 7.66. The number of thioether (sulfide) groups is 1. The highest BCUT2D eigenvalue weighted by atomic mass is 32.2. The highest BCUT2D eigenvalue weighted by Crippen LogP contribution is 2.31. The van der Waals surface area contributed by atoms with Crippen molar-refractivity contribution in [3.8, 4) is 17.1 Å². The Balaban J connectivity index is 1.87. The van der Waals surface area contributed by atoms with Gasteiger partial charge in [0, 0.05) is 12.3 Å². The van der Waals surface area contributed by atoms with Crippen LogP contribution in [0.15, 0.2) is 53.7 Å². The third kappa shape index (κ3) is 3.43. The molecule has 3 rings (SSSR count). The average molecular weight is 343 g/mol. The van der Waals surface area contributed by atoms with Gasteiger partial charge in [0.1, 0.15) is 11.6 Å². The molecule has 24 heavy (non-hydrogen) atoms. The molecule has 0 N–H and O–H groups in total. The number of benzene rings is 2. The second-order valence-corrected chi connectivity index (χ2v) is 6.11. The van der Waals surface area contributed by atoms with Gasteiger partial charge in [0.25, 0.3) is 0 Å². The summed E-state index contributed by atoms with van der Waals surface area (Å²) in [5.41, 5.74) is 1.83. The zero-order chi connectivity index (χ0) is 16.9. The van der Waals surface area contributed by atoms with Crippen LogP contribution in [0.2, 0.25) is 0 Å². The fourth-order valence-electron chi connectivity index (χ4n) is 2.48. The quantitative estimate of drug-likeness (QED) is 0.622. The van der Waals surface area contributed by atoms with Crippen LogP contribution in [0, 0.1) is 5.82 Å². The monoisotopic (exact) mass is 343 g/mol. The first-order valence-corrected chi connectivity index (χ1v) is 8.65. The molecule has 3 aromatic rings. The molecule has 0 saturated carbocycles. The summed E-state index contributed by atoms with van der Waals surface area (Å²) in [5, 5.41) is 9.44. The molecular weight excluding hydrogens is 325 g/mol. The number of hydrogen-bond acceptors (Lipinski definition) is 4. The molecule has 0 radical (unpaired) electrons. The van der Waals surface area contributed by atoms with Crippen molar-refractivity contribution >= 4 is 11.8 Å². The number of methoxy groups -OCH3 is 1. The molecule has 0 bridgehead atoms. The number of halogens is 1. The van der Waals surface area contributed by atoms with Crippen molar-refractivity contribution in [3.05, 3.63) is 59.9 Å². The molecule has 0 amide bonds. The van der Waals surface area contributed by atoms with Crippen LogP contribution in [0.5, 0.6) is 5.75 Å². The molecule has 0 unspecified atom stereocenters. The van der Waals surface area contributed by atoms with Gasteiger partial charge in [-0.2, -0.15) is 0 Å². The maximum atomic E-state index is 13.3. The van der Waals surface area contributed by atoms with Crippen LogP contribution in [0.4, 0.5) is 4.39 Å². The largest absolute Gasteiger partial charge is 0.496 e. The lowest BCUT2D eigenvalue weighted by molar-refractivity contribution is 0.416. The molecule has 6 heteroatoms. The SMILES string of the molecule is CCn1c(SCc2cccc(F)c2)nnc1-c1ccccc1OC. The third-order valence-electron chi connectivity index (χ3n) is 3.64. The fraction of sp³-hybridized carbons (Fsp3) is 0.222. The molecule has 1 heterocycles. The molecule has 4 nitrogen and oxygen atoms in total. The Morgan fingerprint density at radius 1 is 1.12 bits per heavy atom. The van der Waals surface area contributed by atoms with Gasteiger partial charge in [0.15, 0.2) is 11.0 Å². The summed E-state index contributed by atoms with van der Waals surface area (Å²) in [7, 11) is 1.64. The molecular formula is C18H18FN3OS. The van der Waals surface area contributed by atoms with Crippen LogP contribution in [-0.4, -0.2) is 21.9 Å². The summed E-state index contributed by atoms with van der Waals surface area (Å²) >= 11 is 1.54. The van der Waals surface area contributed by atoms with Crippen molar-refractivity contribution in [1.29, 1.82) is 0 Å². The average Bonchev–Trinajstić information content (AvgIpc) is 3.02. The van der Waals surface area contributed by atoms with E-state index >= 15 is 0 Å². The minimum absolute atomic E-state index is 0.222. The third-order valence-corrected chi connectivity index (χ3v) is 4.68. The number of ether oxygens (including phenoxy) is 1. The zero-order valence-electron chi connectivity index (χ0n) is 13.6. The maximum absolute atomic E-state index is 13.3. The first-order chi connectivity index (χ1) is 11.7. The van der Waals surface area contributed by atoms with Crippen LogP contribution in [-0.2, 0) is 12.3 Å². The Bertz CT molecular complexity index is 835. The van der Waals surface area contributed by atoms with E-state index in [9.17, 15) is 4.39 Å². The van der Waals surface area contributed by atoms with Crippen LogP contribution < -0.4 is 4.74 Å². The summed E-state index contributed by atoms with van der Waals surface area (Å²) < 4.78 is 20.8. The number of para-hydroxylation sites is 1. The summed E-state index contributed by atoms with van der Waals surface area (Å²) in [4.78, 5) is 0. The lowest BCUT2D eigenvalue weighted by Crippen LogP contribution is -2.01. The van der Waals surface area contributed by atoms with Gasteiger partial charge in [0.05, 0.1) is 12.7 Å². The van der Waals surface area contributed by atoms with Gasteiger partial charge in [-0.3, -0.25) is 0 Å². The molecule has 2 aromatic carbocycles. The van der Waals surface area contributed by atoms with E-state index in [0.29, 0.717) is 5.75 Å². The molecule has 0 aliphatic heterocycles. The lowest BCUT2D eigenvalue weighted by atomic mass is 10.2. The standard InChI is InChI=1S/C18H18FN3OS/c1-3-22-17(15-9-4-5-10-16(15)23-2)20-21-18(22)24-12-13-7-6-8-14(19)11-13/h4-11H,3,12H2,1-2H3. The van der Waals surface area contributed by atoms with Crippen molar-refractivity contribution in [2.24, 2.45) is 0 Å². The summed E-state index contributed by atoms with van der Waals surface area (Å²) in [6, 6.07) is 14.4. The predicted molar refractivity (Wildman–Crippen MR) is 93.6 cm³/mol. The van der Waals surface area contributed by atoms with E-state index in [1.165, 1.54) is 6.07 Å². The second-order valence-electron chi connectivity index (χ2n) is 5.17. The molecule has 0 fully saturated rings. The van der Waals surface area contributed by atoms with Gasteiger partial charge in [-0.25, -0.2) is 4.39 Å². The van der Waals surface area contributed by atoms with E-state index < -0.39 is 0 Å². The van der Waals surface area contributed by atoms with Crippen LogP contribution in [0.25, 0.3) is 11.4 Å². The molecule has 0 spiro atoms. The Morgan fingerprint density at radius 3 is 2.71 bits per heavy atom. The zero-order valence-corrected chi connectivity index (χ0v) is 14.4. The van der Waals surface area contributed by atoms with E-state index in [4.69, 9.17) is 4.74 Å². The van der Waals surface area contributed by atoms with E-state index in [1.54, 1.807) is 31.0 Å². The Hall–Kier alpha value is -2.34. The number of aromatic nitrogens is 3. The van der Waals surface area contributed by atoms with Crippen molar-refractivity contribution in [2.75, 3.05) is 7.11 Å². The predicted octanol–water partition coefficient (Wildman–Crippen LogP) is 4.41. The second kappa shape index (κ2) is 7.49. The smallest absolute Gasteiger partial charge is 0.191 e. The number of hydrogen-bond donors (Lipinski definition) is 0.